The Labute approximate surface area is 107 Å². The monoisotopic (exact) mass is 251 g/mol. The lowest BCUT2D eigenvalue weighted by molar-refractivity contribution is 0.191. The first-order valence-electron chi connectivity index (χ1n) is 5.82. The molecule has 0 aliphatic carbocycles. The summed E-state index contributed by atoms with van der Waals surface area (Å²) in [6.07, 6.45) is 1.13. The third kappa shape index (κ3) is 1.29. The predicted octanol–water partition coefficient (Wildman–Crippen LogP) is 2.68. The minimum atomic E-state index is -0.139. The van der Waals surface area contributed by atoms with Crippen LogP contribution in [0.3, 0.4) is 0 Å². The molecule has 0 fully saturated rings. The van der Waals surface area contributed by atoms with Gasteiger partial charge in [-0.3, -0.25) is 0 Å². The summed E-state index contributed by atoms with van der Waals surface area (Å²) in [5.74, 6) is -0.139. The van der Waals surface area contributed by atoms with E-state index in [0.29, 0.717) is 5.39 Å². The number of rotatable bonds is 0. The molecule has 2 aromatic carbocycles. The van der Waals surface area contributed by atoms with Crippen LogP contribution in [0.1, 0.15) is 0 Å². The summed E-state index contributed by atoms with van der Waals surface area (Å²) >= 11 is 0. The maximum Gasteiger partial charge on any atom is 0.223 e. The maximum absolute atomic E-state index is 9.75. The number of aromatic hydroxyl groups is 1. The van der Waals surface area contributed by atoms with E-state index in [9.17, 15) is 10.3 Å². The summed E-state index contributed by atoms with van der Waals surface area (Å²) in [5.41, 5.74) is 1.09. The molecule has 0 saturated heterocycles. The van der Waals surface area contributed by atoms with Crippen LogP contribution < -0.4 is 0 Å². The van der Waals surface area contributed by atoms with Crippen LogP contribution in [0.25, 0.3) is 32.7 Å². The van der Waals surface area contributed by atoms with E-state index < -0.39 is 0 Å². The van der Waals surface area contributed by atoms with Gasteiger partial charge in [0.1, 0.15) is 6.33 Å². The third-order valence-electron chi connectivity index (χ3n) is 3.31. The quantitative estimate of drug-likeness (QED) is 0.471. The van der Waals surface area contributed by atoms with Crippen molar-refractivity contribution in [1.82, 2.24) is 14.7 Å². The van der Waals surface area contributed by atoms with E-state index in [2.05, 4.69) is 9.97 Å². The lowest BCUT2D eigenvalue weighted by Gasteiger charge is -2.04. The van der Waals surface area contributed by atoms with Crippen LogP contribution in [-0.2, 0) is 0 Å². The van der Waals surface area contributed by atoms with Crippen LogP contribution in [0.5, 0.6) is 5.88 Å². The molecule has 0 atom stereocenters. The van der Waals surface area contributed by atoms with Gasteiger partial charge in [0.25, 0.3) is 0 Å². The van der Waals surface area contributed by atoms with Gasteiger partial charge in [-0.15, -0.1) is 0 Å². The summed E-state index contributed by atoms with van der Waals surface area (Å²) in [5, 5.41) is 22.9. The molecule has 0 saturated carbocycles. The minimum Gasteiger partial charge on any atom is -0.493 e. The molecule has 2 N–H and O–H groups in total. The van der Waals surface area contributed by atoms with Gasteiger partial charge in [0.2, 0.25) is 5.88 Å². The molecule has 0 amide bonds. The smallest absolute Gasteiger partial charge is 0.223 e. The minimum absolute atomic E-state index is 0.139. The van der Waals surface area contributed by atoms with Gasteiger partial charge in [0.15, 0.2) is 5.65 Å². The van der Waals surface area contributed by atoms with Crippen molar-refractivity contribution in [3.63, 3.8) is 0 Å². The Morgan fingerprint density at radius 1 is 1.00 bits per heavy atom. The Balaban J connectivity index is 2.28. The van der Waals surface area contributed by atoms with Gasteiger partial charge in [0, 0.05) is 10.8 Å². The van der Waals surface area contributed by atoms with Crippen molar-refractivity contribution in [2.45, 2.75) is 0 Å². The van der Waals surface area contributed by atoms with Gasteiger partial charge < -0.3 is 10.3 Å². The average Bonchev–Trinajstić information content (AvgIpc) is 2.79. The first-order valence-corrected chi connectivity index (χ1v) is 5.82. The van der Waals surface area contributed by atoms with Crippen LogP contribution in [0.2, 0.25) is 0 Å². The van der Waals surface area contributed by atoms with Crippen molar-refractivity contribution < 1.29 is 10.3 Å². The Bertz CT molecular complexity index is 944. The number of fused-ring (bicyclic) bond motifs is 4. The van der Waals surface area contributed by atoms with Crippen molar-refractivity contribution in [1.29, 1.82) is 0 Å². The Morgan fingerprint density at radius 2 is 1.84 bits per heavy atom. The molecular weight excluding hydrogens is 242 g/mol. The number of pyridine rings is 1. The molecular formula is C14H9N3O2. The van der Waals surface area contributed by atoms with Crippen molar-refractivity contribution in [3.05, 3.63) is 42.7 Å². The van der Waals surface area contributed by atoms with Gasteiger partial charge >= 0.3 is 0 Å². The lowest BCUT2D eigenvalue weighted by atomic mass is 10.2. The molecule has 92 valence electrons. The molecule has 0 aliphatic heterocycles. The highest BCUT2D eigenvalue weighted by atomic mass is 16.5. The molecule has 0 radical (unpaired) electrons. The molecule has 2 aromatic heterocycles. The van der Waals surface area contributed by atoms with Crippen LogP contribution in [0.4, 0.5) is 0 Å². The molecule has 2 heterocycles. The molecule has 0 unspecified atom stereocenters. The van der Waals surface area contributed by atoms with E-state index in [1.165, 1.54) is 0 Å². The highest BCUT2D eigenvalue weighted by Gasteiger charge is 2.11. The largest absolute Gasteiger partial charge is 0.493 e. The standard InChI is InChI=1S/C14H9N3O2/c18-14-11-6-9-5-8-3-1-2-4-10(8)12(9)16-13(11)17(19)7-15-14/h1-7,18-19H. The van der Waals surface area contributed by atoms with Crippen LogP contribution in [-0.4, -0.2) is 25.0 Å². The highest BCUT2D eigenvalue weighted by molar-refractivity contribution is 6.12. The zero-order valence-electron chi connectivity index (χ0n) is 9.78. The summed E-state index contributed by atoms with van der Waals surface area (Å²) < 4.78 is 0.816. The molecule has 19 heavy (non-hydrogen) atoms. The molecule has 0 spiro atoms. The second-order valence-electron chi connectivity index (χ2n) is 4.44. The summed E-state index contributed by atoms with van der Waals surface area (Å²) in [6, 6.07) is 11.7. The summed E-state index contributed by atoms with van der Waals surface area (Å²) in [7, 11) is 0. The normalized spacial score (nSPS) is 11.6. The molecule has 5 nitrogen and oxygen atoms in total. The van der Waals surface area contributed by atoms with Crippen LogP contribution in [0, 0.1) is 0 Å². The molecule has 4 aromatic rings. The number of hydrogen-bond donors (Lipinski definition) is 2. The van der Waals surface area contributed by atoms with Crippen molar-refractivity contribution in [3.8, 4) is 5.88 Å². The van der Waals surface area contributed by atoms with Gasteiger partial charge in [-0.2, -0.15) is 9.71 Å². The molecule has 0 bridgehead atoms. The van der Waals surface area contributed by atoms with E-state index in [4.69, 9.17) is 0 Å². The van der Waals surface area contributed by atoms with Crippen molar-refractivity contribution in [2.75, 3.05) is 0 Å². The van der Waals surface area contributed by atoms with E-state index in [0.717, 1.165) is 32.7 Å². The van der Waals surface area contributed by atoms with Crippen molar-refractivity contribution in [2.24, 2.45) is 0 Å². The van der Waals surface area contributed by atoms with E-state index in [1.807, 2.05) is 30.3 Å². The number of aromatic nitrogens is 3. The van der Waals surface area contributed by atoms with Crippen molar-refractivity contribution >= 4 is 32.7 Å². The summed E-state index contributed by atoms with van der Waals surface area (Å²) in [6.45, 7) is 0. The van der Waals surface area contributed by atoms with E-state index in [-0.39, 0.29) is 11.5 Å². The van der Waals surface area contributed by atoms with E-state index in [1.54, 1.807) is 6.07 Å². The fourth-order valence-electron chi connectivity index (χ4n) is 2.42. The number of hydrogen-bond acceptors (Lipinski definition) is 4. The van der Waals surface area contributed by atoms with Gasteiger partial charge in [-0.25, -0.2) is 4.98 Å². The fourth-order valence-corrected chi connectivity index (χ4v) is 2.42. The second-order valence-corrected chi connectivity index (χ2v) is 4.44. The zero-order valence-corrected chi connectivity index (χ0v) is 9.78. The Kier molecular flexibility index (Phi) is 1.79. The van der Waals surface area contributed by atoms with Crippen LogP contribution in [0.15, 0.2) is 42.7 Å². The van der Waals surface area contributed by atoms with Crippen LogP contribution >= 0.6 is 0 Å². The van der Waals surface area contributed by atoms with Gasteiger partial charge in [-0.1, -0.05) is 24.3 Å². The number of nitrogens with zero attached hydrogens (tertiary/aromatic N) is 3. The first-order chi connectivity index (χ1) is 9.24. The molecule has 0 aliphatic rings. The first kappa shape index (κ1) is 10.1. The molecule has 4 rings (SSSR count). The third-order valence-corrected chi connectivity index (χ3v) is 3.31. The van der Waals surface area contributed by atoms with Gasteiger partial charge in [0.05, 0.1) is 10.9 Å². The second kappa shape index (κ2) is 3.35. The predicted molar refractivity (Wildman–Crippen MR) is 71.4 cm³/mol. The average molecular weight is 251 g/mol. The summed E-state index contributed by atoms with van der Waals surface area (Å²) in [4.78, 5) is 8.14. The van der Waals surface area contributed by atoms with Gasteiger partial charge in [-0.05, 0) is 17.5 Å². The SMILES string of the molecule is Oc1ncn(O)c2nc3c(cc4ccccc43)cc12. The maximum atomic E-state index is 9.75. The Morgan fingerprint density at radius 3 is 2.74 bits per heavy atom. The fraction of sp³-hybridized carbons (Fsp3) is 0. The molecule has 5 heteroatoms. The topological polar surface area (TPSA) is 71.2 Å². The van der Waals surface area contributed by atoms with E-state index >= 15 is 0 Å². The number of benzene rings is 1. The highest BCUT2D eigenvalue weighted by Crippen LogP contribution is 2.31. The zero-order chi connectivity index (χ0) is 13.0. The lowest BCUT2D eigenvalue weighted by Crippen LogP contribution is -1.98. The Hall–Kier alpha value is -2.82.